The highest BCUT2D eigenvalue weighted by atomic mass is 31.1. The van der Waals surface area contributed by atoms with Crippen molar-refractivity contribution in [2.24, 2.45) is 0 Å². The zero-order chi connectivity index (χ0) is 3.58. The Bertz CT molecular complexity index is 29.0. The number of rotatable bonds is 0. The third-order valence-corrected chi connectivity index (χ3v) is 0. The molecular weight excluding hydrogens is 69.0 g/mol. The molecule has 0 aliphatic carbocycles. The van der Waals surface area contributed by atoms with E-state index in [1.165, 1.54) is 0 Å². The lowest BCUT2D eigenvalue weighted by Gasteiger charge is -1.68. The Morgan fingerprint density at radius 3 is 2.00 bits per heavy atom. The lowest BCUT2D eigenvalue weighted by molar-refractivity contribution is 2.44. The first kappa shape index (κ1) is 4.13. The third-order valence-electron chi connectivity index (χ3n) is 0. The molecule has 4 heavy (non-hydrogen) atoms. The van der Waals surface area contributed by atoms with Gasteiger partial charge in [0.2, 0.25) is 0 Å². The van der Waals surface area contributed by atoms with Gasteiger partial charge >= 0.3 is 0 Å². The van der Waals surface area contributed by atoms with E-state index < -0.39 is 7.70 Å². The van der Waals surface area contributed by atoms with Gasteiger partial charge in [0, 0.05) is 0 Å². The van der Waals surface area contributed by atoms with Crippen LogP contribution in [0.25, 0.3) is 5.50 Å². The molecule has 0 spiro atoms. The highest BCUT2D eigenvalue weighted by Gasteiger charge is 1.53. The third kappa shape index (κ3) is 161. The smallest absolute Gasteiger partial charge is 0.0822 e. The van der Waals surface area contributed by atoms with Crippen molar-refractivity contribution in [2.75, 3.05) is 6.66 Å². The van der Waals surface area contributed by atoms with Gasteiger partial charge in [0.05, 0.1) is 13.0 Å². The predicted octanol–water partition coefficient (Wildman–Crippen LogP) is 1.50. The minimum absolute atomic E-state index is 0.620. The van der Waals surface area contributed by atoms with Crippen molar-refractivity contribution in [3.05, 3.63) is 5.50 Å². The van der Waals surface area contributed by atoms with E-state index in [9.17, 15) is 0 Å². The summed E-state index contributed by atoms with van der Waals surface area (Å²) >= 11 is 0. The summed E-state index contributed by atoms with van der Waals surface area (Å²) < 4.78 is 0. The van der Waals surface area contributed by atoms with E-state index in [0.717, 1.165) is 0 Å². The molecule has 0 aromatic rings. The van der Waals surface area contributed by atoms with Crippen molar-refractivity contribution in [3.63, 3.8) is 0 Å². The molecule has 24 valence electrons. The molecule has 1 nitrogen and oxygen atoms in total. The zero-order valence-electron chi connectivity index (χ0n) is 2.65. The maximum Gasteiger partial charge on any atom is 0.0822 e. The van der Waals surface area contributed by atoms with Crippen molar-refractivity contribution in [1.29, 1.82) is 0 Å². The first-order valence-electron chi connectivity index (χ1n) is 0.987. The first-order chi connectivity index (χ1) is 1.73. The molecule has 0 fully saturated rings. The predicted molar refractivity (Wildman–Crippen MR) is 24.3 cm³/mol. The van der Waals surface area contributed by atoms with Crippen LogP contribution in [0.5, 0.6) is 0 Å². The lowest BCUT2D eigenvalue weighted by atomic mass is 11.9. The largest absolute Gasteiger partial charge is 0.456 e. The molecule has 0 rings (SSSR count). The fraction of sp³-hybridized carbons (Fsp3) is 0.500. The van der Waals surface area contributed by atoms with Gasteiger partial charge in [-0.3, -0.25) is 0 Å². The van der Waals surface area contributed by atoms with Crippen LogP contribution in [0.15, 0.2) is 0 Å². The highest BCUT2D eigenvalue weighted by Crippen LogP contribution is 2.07. The maximum atomic E-state index is 6.54. The van der Waals surface area contributed by atoms with E-state index in [4.69, 9.17) is 5.50 Å². The summed E-state index contributed by atoms with van der Waals surface area (Å²) in [5.41, 5.74) is 6.54. The average Bonchev–Trinajstić information content (AvgIpc) is 0.811. The summed E-state index contributed by atoms with van der Waals surface area (Å²) in [7, 11) is -0.620. The average molecular weight is 75.1 g/mol. The van der Waals surface area contributed by atoms with Gasteiger partial charge in [-0.05, 0) is 7.70 Å². The van der Waals surface area contributed by atoms with E-state index in [1.54, 1.807) is 6.66 Å². The van der Waals surface area contributed by atoms with Crippen molar-refractivity contribution in [2.45, 2.75) is 0 Å². The van der Waals surface area contributed by atoms with Crippen LogP contribution in [0.4, 0.5) is 0 Å². The molecule has 1 atom stereocenters. The summed E-state index contributed by atoms with van der Waals surface area (Å²) in [5.74, 6) is 0. The molecule has 1 unspecified atom stereocenters. The Morgan fingerprint density at radius 2 is 2.00 bits per heavy atom. The van der Waals surface area contributed by atoms with Gasteiger partial charge in [-0.2, -0.15) is 0 Å². The highest BCUT2D eigenvalue weighted by molar-refractivity contribution is 7.56. The summed E-state index contributed by atoms with van der Waals surface area (Å²) in [6.07, 6.45) is 3.37. The molecule has 0 saturated heterocycles. The standard InChI is InChI=1S/C2H6NP/c1-4(2)3/h3H,1H2,2H3. The van der Waals surface area contributed by atoms with Gasteiger partial charge < -0.3 is 5.50 Å². The molecule has 0 saturated carbocycles. The molecule has 0 aliphatic rings. The molecule has 0 aromatic carbocycles. The van der Waals surface area contributed by atoms with Crippen LogP contribution in [0.3, 0.4) is 0 Å². The Hall–Kier alpha value is 0.130. The number of hydrogen-bond donors (Lipinski definition) is 0. The minimum Gasteiger partial charge on any atom is -0.456 e. The van der Waals surface area contributed by atoms with Gasteiger partial charge in [-0.25, -0.2) is 0 Å². The van der Waals surface area contributed by atoms with Crippen LogP contribution in [0.1, 0.15) is 0 Å². The maximum absolute atomic E-state index is 6.54. The van der Waals surface area contributed by atoms with Crippen LogP contribution in [-0.2, 0) is 0 Å². The second kappa shape index (κ2) is 1.45. The van der Waals surface area contributed by atoms with Gasteiger partial charge in [0.15, 0.2) is 0 Å². The molecule has 0 amide bonds. The summed E-state index contributed by atoms with van der Waals surface area (Å²) in [5, 5.41) is 0. The van der Waals surface area contributed by atoms with Gasteiger partial charge in [-0.15, -0.1) is 0 Å². The zero-order valence-corrected chi connectivity index (χ0v) is 3.55. The Morgan fingerprint density at radius 1 is 2.00 bits per heavy atom. The van der Waals surface area contributed by atoms with Crippen LogP contribution in [-0.4, -0.2) is 13.0 Å². The van der Waals surface area contributed by atoms with Crippen LogP contribution in [0, 0.1) is 0 Å². The normalized spacial score (nSPS) is 11.0. The molecule has 0 heterocycles. The topological polar surface area (TPSA) is 23.8 Å². The Balaban J connectivity index is 2.80. The lowest BCUT2D eigenvalue weighted by Crippen LogP contribution is -1.25. The SMILES string of the molecule is C=[P+](C)[NH-]. The molecule has 0 aromatic heterocycles. The van der Waals surface area contributed by atoms with Crippen LogP contribution >= 0.6 is 7.70 Å². The first-order valence-corrected chi connectivity index (χ1v) is 2.96. The molecule has 0 bridgehead atoms. The summed E-state index contributed by atoms with van der Waals surface area (Å²) in [6.45, 7) is 1.79. The van der Waals surface area contributed by atoms with Crippen molar-refractivity contribution >= 4 is 14.0 Å². The van der Waals surface area contributed by atoms with E-state index in [0.29, 0.717) is 0 Å². The molecular formula is C2H6NP. The second-order valence-corrected chi connectivity index (χ2v) is 2.09. The van der Waals surface area contributed by atoms with E-state index in [1.807, 2.05) is 0 Å². The van der Waals surface area contributed by atoms with Gasteiger partial charge in [0.1, 0.15) is 0 Å². The molecule has 2 heteroatoms. The summed E-state index contributed by atoms with van der Waals surface area (Å²) in [6, 6.07) is 0. The number of nitrogens with one attached hydrogen (secondary N) is 1. The quantitative estimate of drug-likeness (QED) is 0.389. The molecule has 0 aliphatic heterocycles. The summed E-state index contributed by atoms with van der Waals surface area (Å²) in [4.78, 5) is 0. The van der Waals surface area contributed by atoms with Crippen molar-refractivity contribution in [1.82, 2.24) is 0 Å². The van der Waals surface area contributed by atoms with E-state index >= 15 is 0 Å². The second-order valence-electron chi connectivity index (χ2n) is 0.698. The molecule has 0 radical (unpaired) electrons. The van der Waals surface area contributed by atoms with Gasteiger partial charge in [-0.1, -0.05) is 0 Å². The van der Waals surface area contributed by atoms with Crippen molar-refractivity contribution < 1.29 is 0 Å². The monoisotopic (exact) mass is 75.0 g/mol. The fourth-order valence-corrected chi connectivity index (χ4v) is 0. The van der Waals surface area contributed by atoms with E-state index in [-0.39, 0.29) is 0 Å². The number of hydrogen-bond acceptors (Lipinski definition) is 0. The minimum atomic E-state index is -0.620. The Kier molecular flexibility index (Phi) is 1.50. The molecule has 1 N–H and O–H groups in total. The Labute approximate surface area is 27.3 Å². The fourth-order valence-electron chi connectivity index (χ4n) is 0. The van der Waals surface area contributed by atoms with E-state index in [2.05, 4.69) is 6.30 Å². The van der Waals surface area contributed by atoms with Crippen molar-refractivity contribution in [3.8, 4) is 0 Å². The van der Waals surface area contributed by atoms with Crippen LogP contribution in [0.2, 0.25) is 0 Å². The van der Waals surface area contributed by atoms with Crippen LogP contribution < -0.4 is 0 Å². The van der Waals surface area contributed by atoms with Gasteiger partial charge in [0.25, 0.3) is 0 Å².